The van der Waals surface area contributed by atoms with Gasteiger partial charge in [-0.15, -0.1) is 0 Å². The maximum absolute atomic E-state index is 12.7. The molecule has 0 radical (unpaired) electrons. The van der Waals surface area contributed by atoms with E-state index in [2.05, 4.69) is 15.5 Å². The quantitative estimate of drug-likeness (QED) is 0.817. The molecule has 4 aliphatic heterocycles. The topological polar surface area (TPSA) is 44.4 Å². The van der Waals surface area contributed by atoms with Crippen LogP contribution in [0.3, 0.4) is 0 Å². The standard InChI is InChI=1S/C18H31N3O/c22-17(20-16-13-21-11-3-14(16)4-12-21)15-1-5-18(6-2-15)7-9-19-10-8-18/h14-16,19H,1-13H2,(H,20,22). The second-order valence-electron chi connectivity index (χ2n) is 8.28. The Morgan fingerprint density at radius 1 is 1.00 bits per heavy atom. The van der Waals surface area contributed by atoms with E-state index in [9.17, 15) is 4.79 Å². The van der Waals surface area contributed by atoms with Gasteiger partial charge in [-0.2, -0.15) is 0 Å². The molecular weight excluding hydrogens is 274 g/mol. The van der Waals surface area contributed by atoms with Crippen LogP contribution in [0.4, 0.5) is 0 Å². The van der Waals surface area contributed by atoms with Gasteiger partial charge in [0.15, 0.2) is 0 Å². The molecular formula is C18H31N3O. The maximum Gasteiger partial charge on any atom is 0.223 e. The van der Waals surface area contributed by atoms with E-state index in [0.717, 1.165) is 25.3 Å². The SMILES string of the molecule is O=C(NC1CN2CCC1CC2)C1CCC2(CCNCC2)CC1. The number of nitrogens with one attached hydrogen (secondary N) is 2. The van der Waals surface area contributed by atoms with Crippen molar-refractivity contribution in [1.82, 2.24) is 15.5 Å². The summed E-state index contributed by atoms with van der Waals surface area (Å²) in [6.45, 7) is 5.94. The van der Waals surface area contributed by atoms with Gasteiger partial charge in [0.05, 0.1) is 0 Å². The highest BCUT2D eigenvalue weighted by Crippen LogP contribution is 2.45. The molecule has 4 heterocycles. The van der Waals surface area contributed by atoms with Crippen LogP contribution in [0, 0.1) is 17.3 Å². The van der Waals surface area contributed by atoms with E-state index >= 15 is 0 Å². The fourth-order valence-corrected chi connectivity index (χ4v) is 5.38. The van der Waals surface area contributed by atoms with Crippen LogP contribution < -0.4 is 10.6 Å². The molecule has 1 aliphatic carbocycles. The maximum atomic E-state index is 12.7. The van der Waals surface area contributed by atoms with E-state index in [0.29, 0.717) is 17.4 Å². The summed E-state index contributed by atoms with van der Waals surface area (Å²) in [7, 11) is 0. The summed E-state index contributed by atoms with van der Waals surface area (Å²) in [5, 5.41) is 6.89. The molecule has 4 saturated heterocycles. The van der Waals surface area contributed by atoms with Gasteiger partial charge in [0.2, 0.25) is 5.91 Å². The van der Waals surface area contributed by atoms with Gasteiger partial charge in [0.1, 0.15) is 0 Å². The zero-order valence-corrected chi connectivity index (χ0v) is 13.8. The molecule has 0 aromatic heterocycles. The van der Waals surface area contributed by atoms with Crippen molar-refractivity contribution in [3.05, 3.63) is 0 Å². The summed E-state index contributed by atoms with van der Waals surface area (Å²) in [4.78, 5) is 15.2. The second-order valence-corrected chi connectivity index (χ2v) is 8.28. The van der Waals surface area contributed by atoms with Crippen molar-refractivity contribution in [1.29, 1.82) is 0 Å². The predicted molar refractivity (Wildman–Crippen MR) is 87.6 cm³/mol. The molecule has 5 fully saturated rings. The van der Waals surface area contributed by atoms with Crippen LogP contribution in [-0.2, 0) is 4.79 Å². The molecule has 1 unspecified atom stereocenters. The number of amides is 1. The zero-order chi connectivity index (χ0) is 15.0. The van der Waals surface area contributed by atoms with Crippen molar-refractivity contribution in [2.24, 2.45) is 17.3 Å². The first kappa shape index (κ1) is 14.9. The molecule has 5 aliphatic rings. The lowest BCUT2D eigenvalue weighted by atomic mass is 9.65. The summed E-state index contributed by atoms with van der Waals surface area (Å²) in [5.41, 5.74) is 0.567. The number of piperidine rings is 4. The molecule has 1 spiro atoms. The highest BCUT2D eigenvalue weighted by Gasteiger charge is 2.40. The molecule has 22 heavy (non-hydrogen) atoms. The molecule has 4 nitrogen and oxygen atoms in total. The number of fused-ring (bicyclic) bond motifs is 3. The molecule has 5 rings (SSSR count). The van der Waals surface area contributed by atoms with Crippen molar-refractivity contribution < 1.29 is 4.79 Å². The van der Waals surface area contributed by atoms with Gasteiger partial charge in [0.25, 0.3) is 0 Å². The highest BCUT2D eigenvalue weighted by atomic mass is 16.2. The van der Waals surface area contributed by atoms with Crippen molar-refractivity contribution in [2.75, 3.05) is 32.7 Å². The first-order valence-electron chi connectivity index (χ1n) is 9.48. The van der Waals surface area contributed by atoms with Crippen LogP contribution in [0.15, 0.2) is 0 Å². The lowest BCUT2D eigenvalue weighted by molar-refractivity contribution is -0.129. The van der Waals surface area contributed by atoms with Gasteiger partial charge in [-0.1, -0.05) is 0 Å². The Morgan fingerprint density at radius 3 is 2.27 bits per heavy atom. The third kappa shape index (κ3) is 2.92. The van der Waals surface area contributed by atoms with Gasteiger partial charge in [0, 0.05) is 18.5 Å². The normalized spacial score (nSPS) is 38.1. The van der Waals surface area contributed by atoms with Crippen LogP contribution in [-0.4, -0.2) is 49.6 Å². The van der Waals surface area contributed by atoms with Gasteiger partial charge in [-0.25, -0.2) is 0 Å². The Labute approximate surface area is 134 Å². The number of hydrogen-bond acceptors (Lipinski definition) is 3. The van der Waals surface area contributed by atoms with E-state index in [-0.39, 0.29) is 5.92 Å². The van der Waals surface area contributed by atoms with Crippen LogP contribution in [0.2, 0.25) is 0 Å². The summed E-state index contributed by atoms with van der Waals surface area (Å²) in [5.74, 6) is 1.40. The van der Waals surface area contributed by atoms with Crippen LogP contribution in [0.5, 0.6) is 0 Å². The second kappa shape index (κ2) is 6.12. The Kier molecular flexibility index (Phi) is 4.16. The number of carbonyl (C=O) groups excluding carboxylic acids is 1. The zero-order valence-electron chi connectivity index (χ0n) is 13.8. The first-order chi connectivity index (χ1) is 10.7. The van der Waals surface area contributed by atoms with E-state index in [1.165, 1.54) is 64.7 Å². The minimum absolute atomic E-state index is 0.288. The third-order valence-electron chi connectivity index (χ3n) is 7.07. The average molecular weight is 305 g/mol. The third-order valence-corrected chi connectivity index (χ3v) is 7.07. The average Bonchev–Trinajstić information content (AvgIpc) is 2.57. The number of carbonyl (C=O) groups is 1. The summed E-state index contributed by atoms with van der Waals surface area (Å²) in [6.07, 6.45) is 9.99. The van der Waals surface area contributed by atoms with Crippen molar-refractivity contribution in [3.63, 3.8) is 0 Å². The lowest BCUT2D eigenvalue weighted by Crippen LogP contribution is -2.58. The minimum Gasteiger partial charge on any atom is -0.352 e. The largest absolute Gasteiger partial charge is 0.352 e. The predicted octanol–water partition coefficient (Wildman–Crippen LogP) is 1.76. The molecule has 0 aromatic carbocycles. The molecule has 124 valence electrons. The van der Waals surface area contributed by atoms with Crippen molar-refractivity contribution in [2.45, 2.75) is 57.4 Å². The summed E-state index contributed by atoms with van der Waals surface area (Å²) < 4.78 is 0. The summed E-state index contributed by atoms with van der Waals surface area (Å²) in [6, 6.07) is 0.435. The van der Waals surface area contributed by atoms with Crippen LogP contribution >= 0.6 is 0 Å². The smallest absolute Gasteiger partial charge is 0.223 e. The monoisotopic (exact) mass is 305 g/mol. The molecule has 1 atom stereocenters. The fraction of sp³-hybridized carbons (Fsp3) is 0.944. The molecule has 1 saturated carbocycles. The molecule has 1 amide bonds. The fourth-order valence-electron chi connectivity index (χ4n) is 5.38. The number of hydrogen-bond donors (Lipinski definition) is 2. The van der Waals surface area contributed by atoms with Crippen LogP contribution in [0.1, 0.15) is 51.4 Å². The number of rotatable bonds is 2. The van der Waals surface area contributed by atoms with E-state index in [4.69, 9.17) is 0 Å². The molecule has 2 bridgehead atoms. The van der Waals surface area contributed by atoms with Gasteiger partial charge < -0.3 is 15.5 Å². The van der Waals surface area contributed by atoms with E-state index in [1.54, 1.807) is 0 Å². The van der Waals surface area contributed by atoms with E-state index in [1.807, 2.05) is 0 Å². The Bertz CT molecular complexity index is 401. The van der Waals surface area contributed by atoms with Gasteiger partial charge >= 0.3 is 0 Å². The molecule has 2 N–H and O–H groups in total. The van der Waals surface area contributed by atoms with Crippen molar-refractivity contribution in [3.8, 4) is 0 Å². The van der Waals surface area contributed by atoms with E-state index < -0.39 is 0 Å². The van der Waals surface area contributed by atoms with Gasteiger partial charge in [-0.05, 0) is 88.9 Å². The Balaban J connectivity index is 1.29. The molecule has 0 aromatic rings. The minimum atomic E-state index is 0.288. The highest BCUT2D eigenvalue weighted by molar-refractivity contribution is 5.79. The lowest BCUT2D eigenvalue weighted by Gasteiger charge is -2.46. The van der Waals surface area contributed by atoms with Crippen LogP contribution in [0.25, 0.3) is 0 Å². The Hall–Kier alpha value is -0.610. The molecule has 4 heteroatoms. The van der Waals surface area contributed by atoms with Gasteiger partial charge in [-0.3, -0.25) is 4.79 Å². The number of nitrogens with zero attached hydrogens (tertiary/aromatic N) is 1. The Morgan fingerprint density at radius 2 is 1.68 bits per heavy atom. The summed E-state index contributed by atoms with van der Waals surface area (Å²) >= 11 is 0. The first-order valence-corrected chi connectivity index (χ1v) is 9.48. The van der Waals surface area contributed by atoms with Crippen molar-refractivity contribution >= 4 is 5.91 Å².